The van der Waals surface area contributed by atoms with Gasteiger partial charge in [-0.1, -0.05) is 24.3 Å². The molecule has 1 aromatic carbocycles. The van der Waals surface area contributed by atoms with Crippen molar-refractivity contribution < 1.29 is 10.0 Å². The Morgan fingerprint density at radius 2 is 2.04 bits per heavy atom. The monoisotopic (exact) mass is 358 g/mol. The van der Waals surface area contributed by atoms with Crippen molar-refractivity contribution in [2.45, 2.75) is 12.8 Å². The molecule has 132 valence electrons. The summed E-state index contributed by atoms with van der Waals surface area (Å²) < 4.78 is 0. The lowest BCUT2D eigenvalue weighted by Gasteiger charge is -2.14. The molecular weight excluding hydrogens is 336 g/mol. The summed E-state index contributed by atoms with van der Waals surface area (Å²) in [5.41, 5.74) is 4.42. The van der Waals surface area contributed by atoms with Crippen molar-refractivity contribution in [3.05, 3.63) is 41.3 Å². The summed E-state index contributed by atoms with van der Waals surface area (Å²) in [4.78, 5) is 18.1. The molecule has 0 spiro atoms. The quantitative estimate of drug-likeness (QED) is 0.403. The van der Waals surface area contributed by atoms with Gasteiger partial charge in [-0.3, -0.25) is 10.0 Å². The Balaban J connectivity index is 1.54. The fraction of sp³-hybridized carbons (Fsp3) is 0.333. The smallest absolute Gasteiger partial charge is 0.267 e. The molecule has 0 aliphatic carbocycles. The highest BCUT2D eigenvalue weighted by Crippen LogP contribution is 2.25. The Labute approximate surface area is 151 Å². The zero-order valence-corrected chi connectivity index (χ0v) is 14.8. The number of rotatable bonds is 7. The van der Waals surface area contributed by atoms with Gasteiger partial charge >= 0.3 is 0 Å². The van der Waals surface area contributed by atoms with Crippen LogP contribution < -0.4 is 10.8 Å². The predicted molar refractivity (Wildman–Crippen MR) is 101 cm³/mol. The highest BCUT2D eigenvalue weighted by Gasteiger charge is 2.11. The van der Waals surface area contributed by atoms with Crippen LogP contribution in [0.15, 0.2) is 35.7 Å². The second kappa shape index (κ2) is 8.75. The van der Waals surface area contributed by atoms with E-state index >= 15 is 0 Å². The maximum absolute atomic E-state index is 11.0. The van der Waals surface area contributed by atoms with E-state index in [1.165, 1.54) is 32.0 Å². The molecule has 0 radical (unpaired) electrons. The summed E-state index contributed by atoms with van der Waals surface area (Å²) in [6.07, 6.45) is 5.55. The standard InChI is InChI=1S/C18H22N4O2S/c23-17(21-24)8-5-14-3-6-15(7-4-14)16-13-25-18(20-16)19-9-12-22-10-1-2-11-22/h3-8,13,24H,1-2,9-12H2,(H,19,20)(H,21,23). The van der Waals surface area contributed by atoms with Gasteiger partial charge in [-0.15, -0.1) is 11.3 Å². The van der Waals surface area contributed by atoms with E-state index in [1.807, 2.05) is 29.6 Å². The molecule has 3 N–H and O–H groups in total. The second-order valence-electron chi connectivity index (χ2n) is 5.94. The van der Waals surface area contributed by atoms with Gasteiger partial charge in [-0.05, 0) is 37.6 Å². The van der Waals surface area contributed by atoms with Gasteiger partial charge < -0.3 is 10.2 Å². The number of thiazole rings is 1. The molecule has 1 aliphatic rings. The molecule has 3 rings (SSSR count). The van der Waals surface area contributed by atoms with Crippen molar-refractivity contribution in [3.8, 4) is 11.3 Å². The van der Waals surface area contributed by atoms with E-state index in [0.717, 1.165) is 35.0 Å². The molecule has 0 unspecified atom stereocenters. The molecule has 0 atom stereocenters. The lowest BCUT2D eigenvalue weighted by Crippen LogP contribution is -2.25. The number of aromatic nitrogens is 1. The van der Waals surface area contributed by atoms with Gasteiger partial charge in [-0.25, -0.2) is 10.5 Å². The summed E-state index contributed by atoms with van der Waals surface area (Å²) in [5.74, 6) is -0.548. The Bertz CT molecular complexity index is 721. The third-order valence-electron chi connectivity index (χ3n) is 4.15. The molecule has 2 heterocycles. The number of nitrogens with one attached hydrogen (secondary N) is 2. The molecule has 25 heavy (non-hydrogen) atoms. The summed E-state index contributed by atoms with van der Waals surface area (Å²) in [6.45, 7) is 4.41. The van der Waals surface area contributed by atoms with E-state index < -0.39 is 5.91 Å². The summed E-state index contributed by atoms with van der Waals surface area (Å²) in [7, 11) is 0. The molecule has 0 bridgehead atoms. The molecular formula is C18H22N4O2S. The average Bonchev–Trinajstić information content (AvgIpc) is 3.32. The van der Waals surface area contributed by atoms with Gasteiger partial charge in [0.25, 0.3) is 5.91 Å². The number of anilines is 1. The molecule has 1 amide bonds. The number of likely N-dealkylation sites (tertiary alicyclic amines) is 1. The van der Waals surface area contributed by atoms with Gasteiger partial charge in [0.15, 0.2) is 5.13 Å². The van der Waals surface area contributed by atoms with Gasteiger partial charge in [0, 0.05) is 30.1 Å². The Morgan fingerprint density at radius 1 is 1.28 bits per heavy atom. The molecule has 1 aliphatic heterocycles. The fourth-order valence-electron chi connectivity index (χ4n) is 2.79. The Hall–Kier alpha value is -2.22. The van der Waals surface area contributed by atoms with Crippen LogP contribution in [0.25, 0.3) is 17.3 Å². The molecule has 1 fully saturated rings. The van der Waals surface area contributed by atoms with Crippen LogP contribution in [0.2, 0.25) is 0 Å². The van der Waals surface area contributed by atoms with Crippen molar-refractivity contribution in [2.75, 3.05) is 31.5 Å². The first-order valence-corrected chi connectivity index (χ1v) is 9.27. The Kier molecular flexibility index (Phi) is 6.16. The van der Waals surface area contributed by atoms with Crippen LogP contribution in [0.5, 0.6) is 0 Å². The van der Waals surface area contributed by atoms with Crippen molar-refractivity contribution in [2.24, 2.45) is 0 Å². The second-order valence-corrected chi connectivity index (χ2v) is 6.80. The van der Waals surface area contributed by atoms with Gasteiger partial charge in [0.2, 0.25) is 0 Å². The fourth-order valence-corrected chi connectivity index (χ4v) is 3.54. The van der Waals surface area contributed by atoms with E-state index in [-0.39, 0.29) is 0 Å². The maximum atomic E-state index is 11.0. The minimum Gasteiger partial charge on any atom is -0.360 e. The van der Waals surface area contributed by atoms with E-state index in [1.54, 1.807) is 22.9 Å². The zero-order chi connectivity index (χ0) is 17.5. The number of hydroxylamine groups is 1. The van der Waals surface area contributed by atoms with Gasteiger partial charge in [-0.2, -0.15) is 0 Å². The third kappa shape index (κ3) is 5.12. The Morgan fingerprint density at radius 3 is 2.76 bits per heavy atom. The van der Waals surface area contributed by atoms with Crippen LogP contribution in [0, 0.1) is 0 Å². The van der Waals surface area contributed by atoms with Gasteiger partial charge in [0.05, 0.1) is 5.69 Å². The van der Waals surface area contributed by atoms with Crippen LogP contribution in [0.1, 0.15) is 18.4 Å². The number of nitrogens with zero attached hydrogens (tertiary/aromatic N) is 2. The van der Waals surface area contributed by atoms with Crippen molar-refractivity contribution in [1.29, 1.82) is 0 Å². The average molecular weight is 358 g/mol. The SMILES string of the molecule is O=C(C=Cc1ccc(-c2csc(NCCN3CCCC3)n2)cc1)NO. The van der Waals surface area contributed by atoms with E-state index in [9.17, 15) is 4.79 Å². The number of carbonyl (C=O) groups excluding carboxylic acids is 1. The zero-order valence-electron chi connectivity index (χ0n) is 13.9. The number of benzene rings is 1. The summed E-state index contributed by atoms with van der Waals surface area (Å²) >= 11 is 1.61. The molecule has 6 nitrogen and oxygen atoms in total. The first-order chi connectivity index (χ1) is 12.2. The molecule has 1 saturated heterocycles. The van der Waals surface area contributed by atoms with E-state index in [0.29, 0.717) is 0 Å². The minimum absolute atomic E-state index is 0.548. The van der Waals surface area contributed by atoms with Crippen LogP contribution in [0.3, 0.4) is 0 Å². The van der Waals surface area contributed by atoms with Crippen LogP contribution >= 0.6 is 11.3 Å². The van der Waals surface area contributed by atoms with Crippen molar-refractivity contribution >= 4 is 28.5 Å². The molecule has 7 heteroatoms. The van der Waals surface area contributed by atoms with Crippen molar-refractivity contribution in [3.63, 3.8) is 0 Å². The number of hydrogen-bond donors (Lipinski definition) is 3. The first-order valence-electron chi connectivity index (χ1n) is 8.39. The number of amides is 1. The topological polar surface area (TPSA) is 77.5 Å². The van der Waals surface area contributed by atoms with Crippen LogP contribution in [-0.4, -0.2) is 47.2 Å². The third-order valence-corrected chi connectivity index (χ3v) is 4.95. The summed E-state index contributed by atoms with van der Waals surface area (Å²) in [5, 5.41) is 14.8. The molecule has 0 saturated carbocycles. The van der Waals surface area contributed by atoms with Gasteiger partial charge in [0.1, 0.15) is 0 Å². The first kappa shape index (κ1) is 17.6. The van der Waals surface area contributed by atoms with Crippen LogP contribution in [-0.2, 0) is 4.79 Å². The highest BCUT2D eigenvalue weighted by molar-refractivity contribution is 7.14. The lowest BCUT2D eigenvalue weighted by atomic mass is 10.1. The maximum Gasteiger partial charge on any atom is 0.267 e. The predicted octanol–water partition coefficient (Wildman–Crippen LogP) is 2.84. The van der Waals surface area contributed by atoms with E-state index in [2.05, 4.69) is 15.2 Å². The largest absolute Gasteiger partial charge is 0.360 e. The number of hydrogen-bond acceptors (Lipinski definition) is 6. The summed E-state index contributed by atoms with van der Waals surface area (Å²) in [6, 6.07) is 7.77. The number of carbonyl (C=O) groups is 1. The van der Waals surface area contributed by atoms with E-state index in [4.69, 9.17) is 5.21 Å². The normalized spacial score (nSPS) is 14.9. The highest BCUT2D eigenvalue weighted by atomic mass is 32.1. The molecule has 2 aromatic rings. The minimum atomic E-state index is -0.548. The molecule has 1 aromatic heterocycles. The van der Waals surface area contributed by atoms with Crippen molar-refractivity contribution in [1.82, 2.24) is 15.4 Å². The lowest BCUT2D eigenvalue weighted by molar-refractivity contribution is -0.124. The van der Waals surface area contributed by atoms with Crippen LogP contribution in [0.4, 0.5) is 5.13 Å².